The van der Waals surface area contributed by atoms with Gasteiger partial charge in [0, 0.05) is 19.9 Å². The number of benzene rings is 2. The van der Waals surface area contributed by atoms with E-state index in [1.165, 1.54) is 11.9 Å². The minimum absolute atomic E-state index is 0.0199. The molecule has 254 valence electrons. The van der Waals surface area contributed by atoms with Gasteiger partial charge < -0.3 is 30.7 Å². The molecule has 0 aromatic heterocycles. The smallest absolute Gasteiger partial charge is 0.326 e. The third kappa shape index (κ3) is 12.8. The Labute approximate surface area is 274 Å². The van der Waals surface area contributed by atoms with E-state index in [9.17, 15) is 24.3 Å². The van der Waals surface area contributed by atoms with Crippen LogP contribution in [0.15, 0.2) is 54.6 Å². The van der Waals surface area contributed by atoms with E-state index < -0.39 is 42.0 Å². The molecule has 10 heteroatoms. The zero-order valence-corrected chi connectivity index (χ0v) is 28.9. The summed E-state index contributed by atoms with van der Waals surface area (Å²) in [6.45, 7) is 13.8. The van der Waals surface area contributed by atoms with Crippen molar-refractivity contribution in [2.45, 2.75) is 104 Å². The predicted octanol–water partition coefficient (Wildman–Crippen LogP) is 4.21. The number of nitrogens with zero attached hydrogens (tertiary/aromatic N) is 1. The Morgan fingerprint density at radius 2 is 1.28 bits per heavy atom. The number of rotatable bonds is 17. The number of carboxylic acid groups (broad SMARTS) is 1. The molecule has 3 amide bonds. The maximum atomic E-state index is 14.2. The molecule has 4 atom stereocenters. The standard InChI is InChI=1S/C36H54N4O6/c1-23(2)19-28(37-8)32(41)38-29(21-26-15-17-27(18-16-26)46-36(5,6)7)34(43)40(9)31(20-24(3)4)33(42)39-30(35(44)45)22-25-13-11-10-12-14-25/h10-18,23-24,28-31,37H,19-22H2,1-9H3,(H,38,41)(H,39,42)(H,44,45)/t28-,29-,30-,31-/m0/s1. The summed E-state index contributed by atoms with van der Waals surface area (Å²) >= 11 is 0. The molecule has 0 bridgehead atoms. The van der Waals surface area contributed by atoms with Crippen LogP contribution in [-0.4, -0.2) is 77.6 Å². The van der Waals surface area contributed by atoms with Crippen LogP contribution >= 0.6 is 0 Å². The highest BCUT2D eigenvalue weighted by molar-refractivity contribution is 5.94. The van der Waals surface area contributed by atoms with Gasteiger partial charge in [0.1, 0.15) is 29.5 Å². The van der Waals surface area contributed by atoms with E-state index in [0.29, 0.717) is 18.6 Å². The van der Waals surface area contributed by atoms with E-state index in [1.54, 1.807) is 19.2 Å². The Morgan fingerprint density at radius 3 is 1.78 bits per heavy atom. The molecule has 0 unspecified atom stereocenters. The molecular formula is C36H54N4O6. The lowest BCUT2D eigenvalue weighted by Crippen LogP contribution is -2.58. The van der Waals surface area contributed by atoms with E-state index in [1.807, 2.05) is 90.9 Å². The molecule has 46 heavy (non-hydrogen) atoms. The van der Waals surface area contributed by atoms with E-state index in [-0.39, 0.29) is 36.2 Å². The molecule has 4 N–H and O–H groups in total. The number of carbonyl (C=O) groups excluding carboxylic acids is 3. The molecule has 0 spiro atoms. The second-order valence-corrected chi connectivity index (χ2v) is 13.8. The van der Waals surface area contributed by atoms with Crippen molar-refractivity contribution >= 4 is 23.7 Å². The van der Waals surface area contributed by atoms with Crippen molar-refractivity contribution in [3.05, 3.63) is 65.7 Å². The summed E-state index contributed by atoms with van der Waals surface area (Å²) in [5.74, 6) is -1.53. The highest BCUT2D eigenvalue weighted by Crippen LogP contribution is 2.20. The number of hydrogen-bond acceptors (Lipinski definition) is 6. The highest BCUT2D eigenvalue weighted by atomic mass is 16.5. The summed E-state index contributed by atoms with van der Waals surface area (Å²) in [4.78, 5) is 54.7. The average Bonchev–Trinajstić information content (AvgIpc) is 2.97. The molecule has 2 aromatic rings. The van der Waals surface area contributed by atoms with Crippen LogP contribution in [0.25, 0.3) is 0 Å². The molecule has 2 aromatic carbocycles. The fourth-order valence-corrected chi connectivity index (χ4v) is 5.19. The topological polar surface area (TPSA) is 137 Å². The number of amides is 3. The number of aliphatic carboxylic acids is 1. The van der Waals surface area contributed by atoms with Crippen molar-refractivity contribution < 1.29 is 29.0 Å². The van der Waals surface area contributed by atoms with Crippen molar-refractivity contribution in [2.24, 2.45) is 11.8 Å². The monoisotopic (exact) mass is 638 g/mol. The van der Waals surface area contributed by atoms with E-state index in [4.69, 9.17) is 4.74 Å². The van der Waals surface area contributed by atoms with Gasteiger partial charge in [0.2, 0.25) is 17.7 Å². The number of likely N-dealkylation sites (N-methyl/N-ethyl adjacent to an activating group) is 2. The Balaban J connectivity index is 2.37. The van der Waals surface area contributed by atoms with Gasteiger partial charge in [0.05, 0.1) is 6.04 Å². The lowest BCUT2D eigenvalue weighted by molar-refractivity contribution is -0.145. The minimum atomic E-state index is -1.18. The predicted molar refractivity (Wildman–Crippen MR) is 180 cm³/mol. The van der Waals surface area contributed by atoms with Crippen LogP contribution in [0.2, 0.25) is 0 Å². The first-order chi connectivity index (χ1) is 21.5. The molecule has 2 rings (SSSR count). The van der Waals surface area contributed by atoms with Crippen LogP contribution in [0.3, 0.4) is 0 Å². The van der Waals surface area contributed by atoms with Crippen LogP contribution < -0.4 is 20.7 Å². The van der Waals surface area contributed by atoms with Gasteiger partial charge in [-0.25, -0.2) is 4.79 Å². The van der Waals surface area contributed by atoms with Crippen molar-refractivity contribution in [1.82, 2.24) is 20.9 Å². The molecule has 10 nitrogen and oxygen atoms in total. The zero-order chi connectivity index (χ0) is 34.6. The quantitative estimate of drug-likeness (QED) is 0.204. The van der Waals surface area contributed by atoms with Gasteiger partial charge in [-0.15, -0.1) is 0 Å². The van der Waals surface area contributed by atoms with Crippen molar-refractivity contribution in [3.8, 4) is 5.75 Å². The largest absolute Gasteiger partial charge is 0.488 e. The number of carboxylic acids is 1. The number of hydrogen-bond donors (Lipinski definition) is 4. The molecule has 0 saturated carbocycles. The molecule has 0 radical (unpaired) electrons. The molecule has 0 aliphatic carbocycles. The molecule has 0 saturated heterocycles. The van der Waals surface area contributed by atoms with Crippen LogP contribution in [-0.2, 0) is 32.0 Å². The van der Waals surface area contributed by atoms with Crippen molar-refractivity contribution in [3.63, 3.8) is 0 Å². The van der Waals surface area contributed by atoms with Gasteiger partial charge in [-0.3, -0.25) is 14.4 Å². The number of ether oxygens (including phenoxy) is 1. The first-order valence-corrected chi connectivity index (χ1v) is 16.1. The SMILES string of the molecule is CN[C@@H](CC(C)C)C(=O)N[C@@H](Cc1ccc(OC(C)(C)C)cc1)C(=O)N(C)[C@@H](CC(C)C)C(=O)N[C@@H](Cc1ccccc1)C(=O)O. The van der Waals surface area contributed by atoms with Gasteiger partial charge >= 0.3 is 5.97 Å². The Kier molecular flexibility index (Phi) is 14.7. The summed E-state index contributed by atoms with van der Waals surface area (Å²) in [5.41, 5.74) is 1.20. The van der Waals surface area contributed by atoms with Gasteiger partial charge in [-0.05, 0) is 75.8 Å². The van der Waals surface area contributed by atoms with Gasteiger partial charge in [-0.1, -0.05) is 70.2 Å². The Morgan fingerprint density at radius 1 is 0.761 bits per heavy atom. The van der Waals surface area contributed by atoms with Gasteiger partial charge in [-0.2, -0.15) is 0 Å². The third-order valence-electron chi connectivity index (χ3n) is 7.48. The molecule has 0 aliphatic rings. The lowest BCUT2D eigenvalue weighted by atomic mass is 9.98. The summed E-state index contributed by atoms with van der Waals surface area (Å²) in [5, 5.41) is 18.6. The van der Waals surface area contributed by atoms with Crippen LogP contribution in [0.4, 0.5) is 0 Å². The average molecular weight is 639 g/mol. The maximum Gasteiger partial charge on any atom is 0.326 e. The second-order valence-electron chi connectivity index (χ2n) is 13.8. The number of carbonyl (C=O) groups is 4. The third-order valence-corrected chi connectivity index (χ3v) is 7.48. The second kappa shape index (κ2) is 17.7. The fraction of sp³-hybridized carbons (Fsp3) is 0.556. The molecule has 0 fully saturated rings. The van der Waals surface area contributed by atoms with E-state index in [0.717, 1.165) is 11.1 Å². The zero-order valence-electron chi connectivity index (χ0n) is 28.9. The summed E-state index contributed by atoms with van der Waals surface area (Å²) in [6.07, 6.45) is 1.17. The molecular weight excluding hydrogens is 584 g/mol. The molecule has 0 heterocycles. The van der Waals surface area contributed by atoms with Crippen LogP contribution in [0.1, 0.15) is 72.4 Å². The maximum absolute atomic E-state index is 14.2. The fourth-order valence-electron chi connectivity index (χ4n) is 5.19. The van der Waals surface area contributed by atoms with E-state index >= 15 is 0 Å². The summed E-state index contributed by atoms with van der Waals surface area (Å²) < 4.78 is 5.94. The molecule has 0 aliphatic heterocycles. The first kappa shape index (κ1) is 38.3. The van der Waals surface area contributed by atoms with Crippen molar-refractivity contribution in [2.75, 3.05) is 14.1 Å². The van der Waals surface area contributed by atoms with E-state index in [2.05, 4.69) is 16.0 Å². The normalized spacial score (nSPS) is 14.2. The van der Waals surface area contributed by atoms with Gasteiger partial charge in [0.25, 0.3) is 0 Å². The van der Waals surface area contributed by atoms with Crippen LogP contribution in [0, 0.1) is 11.8 Å². The Bertz CT molecular complexity index is 1270. The minimum Gasteiger partial charge on any atom is -0.488 e. The Hall–Kier alpha value is -3.92. The van der Waals surface area contributed by atoms with Crippen LogP contribution in [0.5, 0.6) is 5.75 Å². The lowest BCUT2D eigenvalue weighted by Gasteiger charge is -2.33. The summed E-state index contributed by atoms with van der Waals surface area (Å²) in [7, 11) is 3.24. The highest BCUT2D eigenvalue weighted by Gasteiger charge is 2.35. The number of nitrogens with one attached hydrogen (secondary N) is 3. The summed E-state index contributed by atoms with van der Waals surface area (Å²) in [6, 6.07) is 12.8. The van der Waals surface area contributed by atoms with Crippen molar-refractivity contribution in [1.29, 1.82) is 0 Å². The van der Waals surface area contributed by atoms with Gasteiger partial charge in [0.15, 0.2) is 0 Å². The first-order valence-electron chi connectivity index (χ1n) is 16.1.